The zero-order valence-corrected chi connectivity index (χ0v) is 14.0. The minimum atomic E-state index is 0.210. The second kappa shape index (κ2) is 5.52. The molecule has 0 aromatic carbocycles. The van der Waals surface area contributed by atoms with Crippen LogP contribution in [-0.2, 0) is 0 Å². The summed E-state index contributed by atoms with van der Waals surface area (Å²) in [5.41, 5.74) is 3.44. The molecule has 1 saturated carbocycles. The molecule has 1 aliphatic carbocycles. The summed E-state index contributed by atoms with van der Waals surface area (Å²) in [7, 11) is 2.22. The molecule has 4 heteroatoms. The van der Waals surface area contributed by atoms with Gasteiger partial charge in [0, 0.05) is 30.9 Å². The Hall–Kier alpha value is -2.10. The third-order valence-corrected chi connectivity index (χ3v) is 5.30. The first kappa shape index (κ1) is 14.5. The van der Waals surface area contributed by atoms with Crippen molar-refractivity contribution in [2.24, 2.45) is 11.8 Å². The molecular weight excluding hydrogens is 284 g/mol. The Balaban J connectivity index is 1.72. The van der Waals surface area contributed by atoms with E-state index in [1.807, 2.05) is 31.3 Å². The van der Waals surface area contributed by atoms with Gasteiger partial charge in [-0.2, -0.15) is 0 Å². The molecule has 1 N–H and O–H groups in total. The predicted molar refractivity (Wildman–Crippen MR) is 93.7 cm³/mol. The summed E-state index contributed by atoms with van der Waals surface area (Å²) >= 11 is 0. The minimum Gasteiger partial charge on any atom is -0.369 e. The standard InChI is InChI=1S/C19H24N4/c1-12-6-4-8-16(21-12)22-17-13(2)19(14-9-10-14)23(3)15-7-5-11-20-18(15)17/h4-8,11,13-14,17,19H,9-10H2,1-3H3,(H,21,22)/t13-,17?,19?/m0/s1. The number of hydrogen-bond donors (Lipinski definition) is 1. The van der Waals surface area contributed by atoms with Crippen LogP contribution >= 0.6 is 0 Å². The SMILES string of the molecule is Cc1cccc(NC2c3ncccc3N(C)C(C3CC3)[C@H]2C)n1. The Bertz CT molecular complexity index is 710. The van der Waals surface area contributed by atoms with Gasteiger partial charge in [-0.15, -0.1) is 0 Å². The average Bonchev–Trinajstić information content (AvgIpc) is 3.37. The van der Waals surface area contributed by atoms with Crippen molar-refractivity contribution in [1.29, 1.82) is 0 Å². The quantitative estimate of drug-likeness (QED) is 0.936. The van der Waals surface area contributed by atoms with E-state index in [9.17, 15) is 0 Å². The summed E-state index contributed by atoms with van der Waals surface area (Å²) < 4.78 is 0. The molecule has 23 heavy (non-hydrogen) atoms. The van der Waals surface area contributed by atoms with Crippen molar-refractivity contribution in [2.45, 2.75) is 38.8 Å². The minimum absolute atomic E-state index is 0.210. The molecule has 3 heterocycles. The molecule has 2 aliphatic rings. The summed E-state index contributed by atoms with van der Waals surface area (Å²) in [5.74, 6) is 2.26. The fourth-order valence-corrected chi connectivity index (χ4v) is 4.07. The maximum Gasteiger partial charge on any atom is 0.126 e. The van der Waals surface area contributed by atoms with Crippen LogP contribution in [0.15, 0.2) is 36.5 Å². The van der Waals surface area contributed by atoms with Gasteiger partial charge in [-0.3, -0.25) is 4.98 Å². The Morgan fingerprint density at radius 2 is 2.00 bits per heavy atom. The van der Waals surface area contributed by atoms with Crippen LogP contribution in [0.3, 0.4) is 0 Å². The van der Waals surface area contributed by atoms with Gasteiger partial charge < -0.3 is 10.2 Å². The number of pyridine rings is 2. The van der Waals surface area contributed by atoms with Gasteiger partial charge >= 0.3 is 0 Å². The lowest BCUT2D eigenvalue weighted by molar-refractivity contribution is 0.335. The smallest absolute Gasteiger partial charge is 0.126 e. The molecule has 2 aromatic heterocycles. The number of fused-ring (bicyclic) bond motifs is 1. The number of aryl methyl sites for hydroxylation is 1. The van der Waals surface area contributed by atoms with E-state index < -0.39 is 0 Å². The van der Waals surface area contributed by atoms with Gasteiger partial charge in [0.2, 0.25) is 0 Å². The Morgan fingerprint density at radius 3 is 2.74 bits per heavy atom. The van der Waals surface area contributed by atoms with Crippen molar-refractivity contribution in [3.8, 4) is 0 Å². The Morgan fingerprint density at radius 1 is 1.17 bits per heavy atom. The third-order valence-electron chi connectivity index (χ3n) is 5.30. The molecule has 1 aliphatic heterocycles. The van der Waals surface area contributed by atoms with E-state index in [4.69, 9.17) is 4.98 Å². The average molecular weight is 308 g/mol. The first-order chi connectivity index (χ1) is 11.1. The van der Waals surface area contributed by atoms with Gasteiger partial charge in [-0.25, -0.2) is 4.98 Å². The van der Waals surface area contributed by atoms with Gasteiger partial charge in [-0.1, -0.05) is 13.0 Å². The highest BCUT2D eigenvalue weighted by atomic mass is 15.2. The molecule has 0 amide bonds. The Labute approximate surface area is 138 Å². The highest BCUT2D eigenvalue weighted by Crippen LogP contribution is 2.48. The van der Waals surface area contributed by atoms with Crippen molar-refractivity contribution in [3.05, 3.63) is 47.9 Å². The molecular formula is C19H24N4. The molecule has 0 bridgehead atoms. The summed E-state index contributed by atoms with van der Waals surface area (Å²) in [6.45, 7) is 4.38. The summed E-state index contributed by atoms with van der Waals surface area (Å²) in [5, 5.41) is 3.66. The fourth-order valence-electron chi connectivity index (χ4n) is 4.07. The molecule has 4 nitrogen and oxygen atoms in total. The lowest BCUT2D eigenvalue weighted by atomic mass is 9.82. The molecule has 2 aromatic rings. The van der Waals surface area contributed by atoms with Crippen LogP contribution in [-0.4, -0.2) is 23.1 Å². The van der Waals surface area contributed by atoms with E-state index in [0.717, 1.165) is 23.1 Å². The van der Waals surface area contributed by atoms with Crippen LogP contribution in [0.25, 0.3) is 0 Å². The van der Waals surface area contributed by atoms with E-state index in [0.29, 0.717) is 12.0 Å². The highest BCUT2D eigenvalue weighted by Gasteiger charge is 2.45. The number of hydrogen-bond acceptors (Lipinski definition) is 4. The van der Waals surface area contributed by atoms with Crippen molar-refractivity contribution in [3.63, 3.8) is 0 Å². The molecule has 4 rings (SSSR count). The number of nitrogens with zero attached hydrogens (tertiary/aromatic N) is 3. The van der Waals surface area contributed by atoms with E-state index in [1.54, 1.807) is 0 Å². The molecule has 0 saturated heterocycles. The van der Waals surface area contributed by atoms with Crippen LogP contribution in [0.2, 0.25) is 0 Å². The lowest BCUT2D eigenvalue weighted by Crippen LogP contribution is -2.47. The summed E-state index contributed by atoms with van der Waals surface area (Å²) in [6.07, 6.45) is 4.60. The van der Waals surface area contributed by atoms with E-state index in [1.165, 1.54) is 18.5 Å². The summed E-state index contributed by atoms with van der Waals surface area (Å²) in [6, 6.07) is 11.2. The largest absolute Gasteiger partial charge is 0.369 e. The van der Waals surface area contributed by atoms with Gasteiger partial charge in [0.05, 0.1) is 17.4 Å². The van der Waals surface area contributed by atoms with Crippen molar-refractivity contribution in [2.75, 3.05) is 17.3 Å². The van der Waals surface area contributed by atoms with Crippen molar-refractivity contribution < 1.29 is 0 Å². The third kappa shape index (κ3) is 2.56. The van der Waals surface area contributed by atoms with E-state index >= 15 is 0 Å². The number of rotatable bonds is 3. The second-order valence-corrected chi connectivity index (χ2v) is 6.99. The van der Waals surface area contributed by atoms with Crippen molar-refractivity contribution >= 4 is 11.5 Å². The van der Waals surface area contributed by atoms with Crippen molar-refractivity contribution in [1.82, 2.24) is 9.97 Å². The molecule has 120 valence electrons. The molecule has 1 fully saturated rings. The maximum absolute atomic E-state index is 4.70. The Kier molecular flexibility index (Phi) is 3.47. The molecule has 3 atom stereocenters. The number of anilines is 2. The van der Waals surface area contributed by atoms with E-state index in [2.05, 4.69) is 41.3 Å². The summed E-state index contributed by atoms with van der Waals surface area (Å²) in [4.78, 5) is 11.8. The fraction of sp³-hybridized carbons (Fsp3) is 0.474. The lowest BCUT2D eigenvalue weighted by Gasteiger charge is -2.44. The number of aromatic nitrogens is 2. The van der Waals surface area contributed by atoms with Gasteiger partial charge in [0.25, 0.3) is 0 Å². The monoisotopic (exact) mass is 308 g/mol. The normalized spacial score (nSPS) is 26.7. The van der Waals surface area contributed by atoms with E-state index in [-0.39, 0.29) is 6.04 Å². The first-order valence-corrected chi connectivity index (χ1v) is 8.53. The van der Waals surface area contributed by atoms with Crippen LogP contribution in [0, 0.1) is 18.8 Å². The van der Waals surface area contributed by atoms with Gasteiger partial charge in [0.1, 0.15) is 5.82 Å². The molecule has 0 spiro atoms. The van der Waals surface area contributed by atoms with Crippen LogP contribution < -0.4 is 10.2 Å². The van der Waals surface area contributed by atoms with Gasteiger partial charge in [-0.05, 0) is 49.9 Å². The van der Waals surface area contributed by atoms with Crippen LogP contribution in [0.5, 0.6) is 0 Å². The molecule has 0 radical (unpaired) electrons. The van der Waals surface area contributed by atoms with Gasteiger partial charge in [0.15, 0.2) is 0 Å². The zero-order chi connectivity index (χ0) is 16.0. The zero-order valence-electron chi connectivity index (χ0n) is 14.0. The highest BCUT2D eigenvalue weighted by molar-refractivity contribution is 5.57. The molecule has 2 unspecified atom stereocenters. The topological polar surface area (TPSA) is 41.1 Å². The maximum atomic E-state index is 4.70. The van der Waals surface area contributed by atoms with Crippen LogP contribution in [0.1, 0.15) is 37.2 Å². The number of nitrogens with one attached hydrogen (secondary N) is 1. The first-order valence-electron chi connectivity index (χ1n) is 8.53. The predicted octanol–water partition coefficient (Wildman–Crippen LogP) is 3.80. The second-order valence-electron chi connectivity index (χ2n) is 6.99. The van der Waals surface area contributed by atoms with Crippen LogP contribution in [0.4, 0.5) is 11.5 Å².